The second-order valence-electron chi connectivity index (χ2n) is 5.09. The Balaban J connectivity index is 2.19. The molecule has 0 amide bonds. The topological polar surface area (TPSA) is 102 Å². The van der Waals surface area contributed by atoms with Crippen molar-refractivity contribution >= 4 is 17.1 Å². The summed E-state index contributed by atoms with van der Waals surface area (Å²) >= 11 is 0. The summed E-state index contributed by atoms with van der Waals surface area (Å²) in [4.78, 5) is 22.9. The zero-order valence-corrected chi connectivity index (χ0v) is 11.8. The summed E-state index contributed by atoms with van der Waals surface area (Å²) in [7, 11) is 0. The molecule has 1 unspecified atom stereocenters. The van der Waals surface area contributed by atoms with Gasteiger partial charge < -0.3 is 10.2 Å². The summed E-state index contributed by atoms with van der Waals surface area (Å²) in [5, 5.41) is 25.0. The number of hydrogen-bond acceptors (Lipinski definition) is 6. The van der Waals surface area contributed by atoms with Crippen molar-refractivity contribution in [1.82, 2.24) is 4.90 Å². The second-order valence-corrected chi connectivity index (χ2v) is 5.09. The predicted octanol–water partition coefficient (Wildman–Crippen LogP) is 2.40. The van der Waals surface area contributed by atoms with Gasteiger partial charge in [-0.05, 0) is 32.0 Å². The molecule has 2 rings (SSSR count). The van der Waals surface area contributed by atoms with Gasteiger partial charge in [-0.25, -0.2) is 0 Å². The highest BCUT2D eigenvalue weighted by Gasteiger charge is 2.24. The minimum atomic E-state index is -0.629. The van der Waals surface area contributed by atoms with Crippen LogP contribution in [-0.4, -0.2) is 40.4 Å². The SMILES string of the molecule is CCN1CCCC(Nc2ccc([N+](=O)[O-])cc2[N+](=O)[O-])C1. The lowest BCUT2D eigenvalue weighted by Crippen LogP contribution is -2.41. The largest absolute Gasteiger partial charge is 0.375 e. The first-order valence-electron chi connectivity index (χ1n) is 6.93. The number of benzene rings is 1. The van der Waals surface area contributed by atoms with E-state index < -0.39 is 9.85 Å². The first kappa shape index (κ1) is 15.2. The Kier molecular flexibility index (Phi) is 4.69. The molecule has 0 aliphatic carbocycles. The first-order chi connectivity index (χ1) is 10.0. The van der Waals surface area contributed by atoms with Crippen molar-refractivity contribution in [1.29, 1.82) is 0 Å². The summed E-state index contributed by atoms with van der Waals surface area (Å²) in [6.45, 7) is 4.89. The zero-order chi connectivity index (χ0) is 15.4. The summed E-state index contributed by atoms with van der Waals surface area (Å²) in [6, 6.07) is 3.83. The van der Waals surface area contributed by atoms with E-state index in [9.17, 15) is 20.2 Å². The van der Waals surface area contributed by atoms with Crippen LogP contribution < -0.4 is 5.32 Å². The minimum absolute atomic E-state index is 0.124. The van der Waals surface area contributed by atoms with Crippen LogP contribution in [0.2, 0.25) is 0 Å². The van der Waals surface area contributed by atoms with E-state index >= 15 is 0 Å². The van der Waals surface area contributed by atoms with Crippen molar-refractivity contribution < 1.29 is 9.85 Å². The average Bonchev–Trinajstić information content (AvgIpc) is 2.47. The molecule has 0 aromatic heterocycles. The normalized spacial score (nSPS) is 19.2. The fourth-order valence-electron chi connectivity index (χ4n) is 2.59. The standard InChI is InChI=1S/C13H18N4O4/c1-2-15-7-3-4-10(9-15)14-12-6-5-11(16(18)19)8-13(12)17(20)21/h5-6,8,10,14H,2-4,7,9H2,1H3. The Bertz CT molecular complexity index is 549. The van der Waals surface area contributed by atoms with Crippen LogP contribution in [0.3, 0.4) is 0 Å². The van der Waals surface area contributed by atoms with Crippen LogP contribution in [0.5, 0.6) is 0 Å². The number of rotatable bonds is 5. The zero-order valence-electron chi connectivity index (χ0n) is 11.8. The Morgan fingerprint density at radius 2 is 2.10 bits per heavy atom. The van der Waals surface area contributed by atoms with Crippen molar-refractivity contribution in [3.05, 3.63) is 38.4 Å². The van der Waals surface area contributed by atoms with Crippen LogP contribution in [0.4, 0.5) is 17.1 Å². The van der Waals surface area contributed by atoms with Gasteiger partial charge in [0.25, 0.3) is 11.4 Å². The van der Waals surface area contributed by atoms with Crippen LogP contribution >= 0.6 is 0 Å². The number of likely N-dealkylation sites (tertiary alicyclic amines) is 1. The highest BCUT2D eigenvalue weighted by atomic mass is 16.6. The molecule has 1 aliphatic heterocycles. The van der Waals surface area contributed by atoms with Crippen molar-refractivity contribution in [3.63, 3.8) is 0 Å². The molecule has 21 heavy (non-hydrogen) atoms. The van der Waals surface area contributed by atoms with Gasteiger partial charge in [-0.2, -0.15) is 0 Å². The van der Waals surface area contributed by atoms with Gasteiger partial charge in [-0.3, -0.25) is 20.2 Å². The molecule has 0 saturated carbocycles. The van der Waals surface area contributed by atoms with Crippen molar-refractivity contribution in [3.8, 4) is 0 Å². The number of hydrogen-bond donors (Lipinski definition) is 1. The van der Waals surface area contributed by atoms with Crippen LogP contribution in [0, 0.1) is 20.2 Å². The molecule has 1 saturated heterocycles. The van der Waals surface area contributed by atoms with E-state index in [1.165, 1.54) is 12.1 Å². The summed E-state index contributed by atoms with van der Waals surface area (Å²) in [5.41, 5.74) is -0.183. The lowest BCUT2D eigenvalue weighted by molar-refractivity contribution is -0.393. The number of nitro groups is 2. The monoisotopic (exact) mass is 294 g/mol. The second kappa shape index (κ2) is 6.49. The molecule has 0 bridgehead atoms. The molecular weight excluding hydrogens is 276 g/mol. The Hall–Kier alpha value is -2.22. The third-order valence-corrected chi connectivity index (χ3v) is 3.70. The van der Waals surface area contributed by atoms with Crippen LogP contribution in [0.15, 0.2) is 18.2 Å². The molecule has 1 aliphatic rings. The van der Waals surface area contributed by atoms with Gasteiger partial charge in [0.15, 0.2) is 0 Å². The summed E-state index contributed by atoms with van der Waals surface area (Å²) in [5.74, 6) is 0. The molecule has 1 N–H and O–H groups in total. The predicted molar refractivity (Wildman–Crippen MR) is 78.5 cm³/mol. The average molecular weight is 294 g/mol. The number of nitro benzene ring substituents is 2. The van der Waals surface area contributed by atoms with Gasteiger partial charge in [0.1, 0.15) is 5.69 Å². The van der Waals surface area contributed by atoms with Gasteiger partial charge in [0.2, 0.25) is 0 Å². The number of likely N-dealkylation sites (N-methyl/N-ethyl adjacent to an activating group) is 1. The highest BCUT2D eigenvalue weighted by Crippen LogP contribution is 2.30. The number of nitrogens with zero attached hydrogens (tertiary/aromatic N) is 3. The van der Waals surface area contributed by atoms with E-state index in [0.717, 1.165) is 38.5 Å². The lowest BCUT2D eigenvalue weighted by Gasteiger charge is -2.32. The van der Waals surface area contributed by atoms with E-state index in [0.29, 0.717) is 5.69 Å². The third-order valence-electron chi connectivity index (χ3n) is 3.70. The smallest absolute Gasteiger partial charge is 0.299 e. The fourth-order valence-corrected chi connectivity index (χ4v) is 2.59. The van der Waals surface area contributed by atoms with Crippen LogP contribution in [0.1, 0.15) is 19.8 Å². The molecule has 1 aromatic carbocycles. The Morgan fingerprint density at radius 3 is 2.71 bits per heavy atom. The van der Waals surface area contributed by atoms with Crippen molar-refractivity contribution in [2.45, 2.75) is 25.8 Å². The maximum atomic E-state index is 11.1. The molecule has 0 spiro atoms. The maximum absolute atomic E-state index is 11.1. The number of non-ortho nitro benzene ring substituents is 1. The molecule has 8 nitrogen and oxygen atoms in total. The highest BCUT2D eigenvalue weighted by molar-refractivity contribution is 5.65. The Morgan fingerprint density at radius 1 is 1.33 bits per heavy atom. The van der Waals surface area contributed by atoms with E-state index in [2.05, 4.69) is 17.1 Å². The molecule has 114 valence electrons. The molecule has 1 atom stereocenters. The molecular formula is C13H18N4O4. The van der Waals surface area contributed by atoms with Crippen LogP contribution in [0.25, 0.3) is 0 Å². The van der Waals surface area contributed by atoms with E-state index in [-0.39, 0.29) is 17.4 Å². The van der Waals surface area contributed by atoms with Gasteiger partial charge in [0, 0.05) is 18.7 Å². The Labute approximate surface area is 122 Å². The van der Waals surface area contributed by atoms with Crippen molar-refractivity contribution in [2.24, 2.45) is 0 Å². The quantitative estimate of drug-likeness (QED) is 0.661. The first-order valence-corrected chi connectivity index (χ1v) is 6.93. The maximum Gasteiger partial charge on any atom is 0.299 e. The van der Waals surface area contributed by atoms with Gasteiger partial charge >= 0.3 is 0 Å². The van der Waals surface area contributed by atoms with Crippen LogP contribution in [-0.2, 0) is 0 Å². The van der Waals surface area contributed by atoms with Gasteiger partial charge in [-0.15, -0.1) is 0 Å². The molecule has 8 heteroatoms. The van der Waals surface area contributed by atoms with E-state index in [1.807, 2.05) is 0 Å². The number of nitrogens with one attached hydrogen (secondary N) is 1. The van der Waals surface area contributed by atoms with Gasteiger partial charge in [-0.1, -0.05) is 6.92 Å². The fraction of sp³-hybridized carbons (Fsp3) is 0.538. The van der Waals surface area contributed by atoms with Gasteiger partial charge in [0.05, 0.1) is 15.9 Å². The molecule has 1 heterocycles. The third kappa shape index (κ3) is 3.66. The molecule has 0 radical (unpaired) electrons. The van der Waals surface area contributed by atoms with E-state index in [1.54, 1.807) is 0 Å². The van der Waals surface area contributed by atoms with Crippen molar-refractivity contribution in [2.75, 3.05) is 25.0 Å². The number of piperidine rings is 1. The number of anilines is 1. The lowest BCUT2D eigenvalue weighted by atomic mass is 10.1. The molecule has 1 fully saturated rings. The molecule has 1 aromatic rings. The summed E-state index contributed by atoms with van der Waals surface area (Å²) < 4.78 is 0. The van der Waals surface area contributed by atoms with E-state index in [4.69, 9.17) is 0 Å². The summed E-state index contributed by atoms with van der Waals surface area (Å²) in [6.07, 6.45) is 1.97. The minimum Gasteiger partial charge on any atom is -0.375 e.